The van der Waals surface area contributed by atoms with Crippen LogP contribution in [0.15, 0.2) is 18.2 Å². The molecule has 0 aliphatic carbocycles. The van der Waals surface area contributed by atoms with E-state index in [1.807, 2.05) is 6.92 Å². The molecular formula is C10H15NO2. The second-order valence-corrected chi connectivity index (χ2v) is 3.29. The van der Waals surface area contributed by atoms with Crippen LogP contribution in [0.3, 0.4) is 0 Å². The van der Waals surface area contributed by atoms with Crippen LogP contribution >= 0.6 is 0 Å². The first-order chi connectivity index (χ1) is 6.13. The Morgan fingerprint density at radius 1 is 1.38 bits per heavy atom. The first-order valence-corrected chi connectivity index (χ1v) is 4.30. The smallest absolute Gasteiger partial charge is 0.115 e. The van der Waals surface area contributed by atoms with Crippen molar-refractivity contribution in [3.8, 4) is 5.75 Å². The zero-order valence-electron chi connectivity index (χ0n) is 7.70. The normalized spacial score (nSPS) is 12.8. The minimum atomic E-state index is -0.0591. The lowest BCUT2D eigenvalue weighted by molar-refractivity contribution is 0.279. The molecule has 0 aliphatic heterocycles. The van der Waals surface area contributed by atoms with Gasteiger partial charge in [-0.25, -0.2) is 0 Å². The van der Waals surface area contributed by atoms with Gasteiger partial charge in [0.15, 0.2) is 0 Å². The highest BCUT2D eigenvalue weighted by Gasteiger charge is 2.04. The van der Waals surface area contributed by atoms with E-state index in [9.17, 15) is 0 Å². The van der Waals surface area contributed by atoms with Crippen molar-refractivity contribution < 1.29 is 10.2 Å². The number of phenols is 1. The summed E-state index contributed by atoms with van der Waals surface area (Å²) in [6.07, 6.45) is 0.718. The SMILES string of the molecule is C[C@H](N)Cc1ccc(O)cc1CO. The molecule has 13 heavy (non-hydrogen) atoms. The van der Waals surface area contributed by atoms with Gasteiger partial charge in [-0.3, -0.25) is 0 Å². The number of benzene rings is 1. The average Bonchev–Trinajstić information content (AvgIpc) is 2.07. The summed E-state index contributed by atoms with van der Waals surface area (Å²) < 4.78 is 0. The molecule has 0 fully saturated rings. The van der Waals surface area contributed by atoms with Crippen molar-refractivity contribution in [2.75, 3.05) is 0 Å². The molecule has 1 atom stereocenters. The van der Waals surface area contributed by atoms with E-state index in [1.165, 1.54) is 0 Å². The molecule has 0 bridgehead atoms. The molecule has 0 radical (unpaired) electrons. The van der Waals surface area contributed by atoms with Crippen LogP contribution in [0.4, 0.5) is 0 Å². The van der Waals surface area contributed by atoms with E-state index >= 15 is 0 Å². The van der Waals surface area contributed by atoms with E-state index in [0.717, 1.165) is 17.5 Å². The highest BCUT2D eigenvalue weighted by Crippen LogP contribution is 2.17. The highest BCUT2D eigenvalue weighted by molar-refractivity contribution is 5.34. The lowest BCUT2D eigenvalue weighted by atomic mass is 10.0. The van der Waals surface area contributed by atoms with Crippen LogP contribution in [0.2, 0.25) is 0 Å². The number of aliphatic hydroxyl groups excluding tert-OH is 1. The van der Waals surface area contributed by atoms with Gasteiger partial charge in [-0.1, -0.05) is 6.07 Å². The predicted octanol–water partition coefficient (Wildman–Crippen LogP) is 0.774. The van der Waals surface area contributed by atoms with Crippen molar-refractivity contribution in [1.29, 1.82) is 0 Å². The summed E-state index contributed by atoms with van der Waals surface area (Å²) in [6, 6.07) is 5.04. The Kier molecular flexibility index (Phi) is 3.28. The summed E-state index contributed by atoms with van der Waals surface area (Å²) in [5, 5.41) is 18.2. The lowest BCUT2D eigenvalue weighted by Gasteiger charge is -2.09. The Labute approximate surface area is 77.8 Å². The van der Waals surface area contributed by atoms with Crippen molar-refractivity contribution in [2.24, 2.45) is 5.73 Å². The van der Waals surface area contributed by atoms with Gasteiger partial charge in [0.1, 0.15) is 5.75 Å². The quantitative estimate of drug-likeness (QED) is 0.645. The van der Waals surface area contributed by atoms with Crippen molar-refractivity contribution in [3.05, 3.63) is 29.3 Å². The Balaban J connectivity index is 2.92. The molecule has 0 heterocycles. The van der Waals surface area contributed by atoms with Gasteiger partial charge in [-0.15, -0.1) is 0 Å². The van der Waals surface area contributed by atoms with Crippen LogP contribution in [0.25, 0.3) is 0 Å². The predicted molar refractivity (Wildman–Crippen MR) is 51.4 cm³/mol. The molecular weight excluding hydrogens is 166 g/mol. The minimum Gasteiger partial charge on any atom is -0.508 e. The van der Waals surface area contributed by atoms with Crippen molar-refractivity contribution in [3.63, 3.8) is 0 Å². The molecule has 1 aromatic rings. The van der Waals surface area contributed by atoms with Gasteiger partial charge in [0.2, 0.25) is 0 Å². The third kappa shape index (κ3) is 2.72. The molecule has 0 amide bonds. The fourth-order valence-electron chi connectivity index (χ4n) is 1.31. The molecule has 1 rings (SSSR count). The molecule has 3 nitrogen and oxygen atoms in total. The highest BCUT2D eigenvalue weighted by atomic mass is 16.3. The Morgan fingerprint density at radius 2 is 2.08 bits per heavy atom. The van der Waals surface area contributed by atoms with E-state index < -0.39 is 0 Å². The third-order valence-electron chi connectivity index (χ3n) is 1.90. The molecule has 72 valence electrons. The summed E-state index contributed by atoms with van der Waals surface area (Å²) in [5.74, 6) is 0.178. The zero-order chi connectivity index (χ0) is 9.84. The fraction of sp³-hybridized carbons (Fsp3) is 0.400. The van der Waals surface area contributed by atoms with Gasteiger partial charge < -0.3 is 15.9 Å². The zero-order valence-corrected chi connectivity index (χ0v) is 7.70. The summed E-state index contributed by atoms with van der Waals surface area (Å²) >= 11 is 0. The second kappa shape index (κ2) is 4.25. The standard InChI is InChI=1S/C10H15NO2/c1-7(11)4-8-2-3-10(13)5-9(8)6-12/h2-3,5,7,12-13H,4,6,11H2,1H3/t7-/m0/s1. The maximum absolute atomic E-state index is 9.16. The van der Waals surface area contributed by atoms with Gasteiger partial charge in [0.25, 0.3) is 0 Å². The number of hydrogen-bond acceptors (Lipinski definition) is 3. The number of hydrogen-bond donors (Lipinski definition) is 3. The molecule has 3 heteroatoms. The molecule has 0 aliphatic rings. The number of nitrogens with two attached hydrogens (primary N) is 1. The second-order valence-electron chi connectivity index (χ2n) is 3.29. The monoisotopic (exact) mass is 181 g/mol. The Morgan fingerprint density at radius 3 is 2.62 bits per heavy atom. The largest absolute Gasteiger partial charge is 0.508 e. The fourth-order valence-corrected chi connectivity index (χ4v) is 1.31. The van der Waals surface area contributed by atoms with E-state index in [4.69, 9.17) is 15.9 Å². The summed E-state index contributed by atoms with van der Waals surface area (Å²) in [4.78, 5) is 0. The van der Waals surface area contributed by atoms with Gasteiger partial charge in [-0.05, 0) is 36.6 Å². The molecule has 1 aromatic carbocycles. The number of phenolic OH excluding ortho intramolecular Hbond substituents is 1. The van der Waals surface area contributed by atoms with Crippen LogP contribution < -0.4 is 5.73 Å². The van der Waals surface area contributed by atoms with Crippen molar-refractivity contribution in [1.82, 2.24) is 0 Å². The van der Waals surface area contributed by atoms with Crippen molar-refractivity contribution in [2.45, 2.75) is 26.0 Å². The van der Waals surface area contributed by atoms with E-state index in [0.29, 0.717) is 0 Å². The van der Waals surface area contributed by atoms with E-state index in [-0.39, 0.29) is 18.4 Å². The first kappa shape index (κ1) is 10.0. The van der Waals surface area contributed by atoms with Crippen LogP contribution in [-0.4, -0.2) is 16.3 Å². The van der Waals surface area contributed by atoms with E-state index in [2.05, 4.69) is 0 Å². The van der Waals surface area contributed by atoms with Gasteiger partial charge >= 0.3 is 0 Å². The maximum Gasteiger partial charge on any atom is 0.115 e. The number of aromatic hydroxyl groups is 1. The van der Waals surface area contributed by atoms with E-state index in [1.54, 1.807) is 18.2 Å². The average molecular weight is 181 g/mol. The van der Waals surface area contributed by atoms with Crippen LogP contribution in [0.1, 0.15) is 18.1 Å². The van der Waals surface area contributed by atoms with Crippen LogP contribution in [-0.2, 0) is 13.0 Å². The number of aliphatic hydroxyl groups is 1. The van der Waals surface area contributed by atoms with Crippen LogP contribution in [0.5, 0.6) is 5.75 Å². The lowest BCUT2D eigenvalue weighted by Crippen LogP contribution is -2.18. The Hall–Kier alpha value is -1.06. The molecule has 0 aromatic heterocycles. The minimum absolute atomic E-state index is 0.0591. The summed E-state index contributed by atoms with van der Waals surface area (Å²) in [5.41, 5.74) is 7.39. The maximum atomic E-state index is 9.16. The third-order valence-corrected chi connectivity index (χ3v) is 1.90. The van der Waals surface area contributed by atoms with Gasteiger partial charge in [-0.2, -0.15) is 0 Å². The molecule has 0 unspecified atom stereocenters. The topological polar surface area (TPSA) is 66.5 Å². The molecule has 0 saturated carbocycles. The Bertz CT molecular complexity index is 284. The van der Waals surface area contributed by atoms with Gasteiger partial charge in [0.05, 0.1) is 6.61 Å². The van der Waals surface area contributed by atoms with Crippen molar-refractivity contribution >= 4 is 0 Å². The molecule has 0 spiro atoms. The molecule has 4 N–H and O–H groups in total. The first-order valence-electron chi connectivity index (χ1n) is 4.30. The summed E-state index contributed by atoms with van der Waals surface area (Å²) in [6.45, 7) is 1.85. The summed E-state index contributed by atoms with van der Waals surface area (Å²) in [7, 11) is 0. The van der Waals surface area contributed by atoms with Gasteiger partial charge in [0, 0.05) is 6.04 Å². The van der Waals surface area contributed by atoms with Crippen LogP contribution in [0, 0.1) is 0 Å². The number of rotatable bonds is 3. The molecule has 0 saturated heterocycles.